The molecule has 0 saturated heterocycles. The third-order valence-corrected chi connectivity index (χ3v) is 3.38. The fourth-order valence-corrected chi connectivity index (χ4v) is 2.20. The van der Waals surface area contributed by atoms with Gasteiger partial charge >= 0.3 is 0 Å². The molecule has 0 aliphatic heterocycles. The first kappa shape index (κ1) is 14.2. The number of carbonyl (C=O) groups is 1. The molecule has 0 aliphatic carbocycles. The van der Waals surface area contributed by atoms with Crippen LogP contribution >= 0.6 is 0 Å². The van der Waals surface area contributed by atoms with Crippen LogP contribution < -0.4 is 5.32 Å². The van der Waals surface area contributed by atoms with Crippen molar-refractivity contribution < 1.29 is 4.79 Å². The van der Waals surface area contributed by atoms with Gasteiger partial charge < -0.3 is 5.32 Å². The highest BCUT2D eigenvalue weighted by molar-refractivity contribution is 5.94. The van der Waals surface area contributed by atoms with Gasteiger partial charge in [-0.05, 0) is 36.8 Å². The Morgan fingerprint density at radius 2 is 2.18 bits per heavy atom. The molecule has 0 bridgehead atoms. The van der Waals surface area contributed by atoms with Crippen LogP contribution in [0.15, 0.2) is 42.6 Å². The van der Waals surface area contributed by atoms with Crippen molar-refractivity contribution in [3.8, 4) is 5.69 Å². The topological polar surface area (TPSA) is 72.7 Å². The molecule has 22 heavy (non-hydrogen) atoms. The number of benzene rings is 1. The van der Waals surface area contributed by atoms with Gasteiger partial charge in [-0.25, -0.2) is 4.98 Å². The zero-order valence-electron chi connectivity index (χ0n) is 12.4. The van der Waals surface area contributed by atoms with E-state index in [0.717, 1.165) is 24.0 Å². The van der Waals surface area contributed by atoms with Crippen LogP contribution in [0.3, 0.4) is 0 Å². The molecule has 0 atom stereocenters. The second-order valence-corrected chi connectivity index (χ2v) is 5.01. The standard InChI is InChI=1S/C16H17N5O/c1-2-3-9-18-16(22)12-6-4-7-13(11-12)21-15-14(19-20-21)8-5-10-17-15/h4-8,10-11H,2-3,9H2,1H3,(H,18,22). The molecule has 112 valence electrons. The van der Waals surface area contributed by atoms with Gasteiger partial charge in [-0.2, -0.15) is 4.68 Å². The van der Waals surface area contributed by atoms with Gasteiger partial charge in [0.05, 0.1) is 5.69 Å². The lowest BCUT2D eigenvalue weighted by atomic mass is 10.2. The minimum Gasteiger partial charge on any atom is -0.352 e. The monoisotopic (exact) mass is 295 g/mol. The summed E-state index contributed by atoms with van der Waals surface area (Å²) in [6, 6.07) is 11.0. The zero-order valence-corrected chi connectivity index (χ0v) is 12.4. The Morgan fingerprint density at radius 3 is 3.05 bits per heavy atom. The number of nitrogens with zero attached hydrogens (tertiary/aromatic N) is 4. The Morgan fingerprint density at radius 1 is 1.27 bits per heavy atom. The molecule has 1 aromatic carbocycles. The van der Waals surface area contributed by atoms with Crippen molar-refractivity contribution in [2.45, 2.75) is 19.8 Å². The van der Waals surface area contributed by atoms with Crippen molar-refractivity contribution in [1.82, 2.24) is 25.3 Å². The van der Waals surface area contributed by atoms with Crippen molar-refractivity contribution in [2.75, 3.05) is 6.54 Å². The Kier molecular flexibility index (Phi) is 4.09. The summed E-state index contributed by atoms with van der Waals surface area (Å²) in [6.45, 7) is 2.78. The number of hydrogen-bond donors (Lipinski definition) is 1. The van der Waals surface area contributed by atoms with E-state index >= 15 is 0 Å². The summed E-state index contributed by atoms with van der Waals surface area (Å²) in [5.74, 6) is -0.0762. The van der Waals surface area contributed by atoms with Gasteiger partial charge in [0.1, 0.15) is 5.52 Å². The maximum atomic E-state index is 12.1. The van der Waals surface area contributed by atoms with Crippen LogP contribution in [0.2, 0.25) is 0 Å². The van der Waals surface area contributed by atoms with Crippen molar-refractivity contribution in [3.63, 3.8) is 0 Å². The molecule has 3 rings (SSSR count). The summed E-state index contributed by atoms with van der Waals surface area (Å²) in [6.07, 6.45) is 3.73. The molecule has 2 aromatic heterocycles. The summed E-state index contributed by atoms with van der Waals surface area (Å²) < 4.78 is 1.64. The highest BCUT2D eigenvalue weighted by atomic mass is 16.1. The summed E-state index contributed by atoms with van der Waals surface area (Å²) in [7, 11) is 0. The van der Waals surface area contributed by atoms with Crippen molar-refractivity contribution in [3.05, 3.63) is 48.2 Å². The van der Waals surface area contributed by atoms with E-state index in [2.05, 4.69) is 27.5 Å². The molecule has 0 spiro atoms. The first-order chi connectivity index (χ1) is 10.8. The quantitative estimate of drug-likeness (QED) is 0.733. The smallest absolute Gasteiger partial charge is 0.251 e. The van der Waals surface area contributed by atoms with E-state index in [1.54, 1.807) is 23.0 Å². The molecule has 0 fully saturated rings. The van der Waals surface area contributed by atoms with Gasteiger partial charge in [0.25, 0.3) is 5.91 Å². The van der Waals surface area contributed by atoms with Crippen molar-refractivity contribution >= 4 is 17.1 Å². The zero-order chi connectivity index (χ0) is 15.4. The Bertz CT molecular complexity index is 796. The van der Waals surface area contributed by atoms with Gasteiger partial charge in [-0.3, -0.25) is 4.79 Å². The van der Waals surface area contributed by atoms with Crippen molar-refractivity contribution in [1.29, 1.82) is 0 Å². The van der Waals surface area contributed by atoms with Gasteiger partial charge in [0.2, 0.25) is 0 Å². The molecule has 1 amide bonds. The third kappa shape index (κ3) is 2.81. The number of aromatic nitrogens is 4. The predicted molar refractivity (Wildman–Crippen MR) is 83.9 cm³/mol. The SMILES string of the molecule is CCCCNC(=O)c1cccc(-n2nnc3cccnc32)c1. The number of amides is 1. The Hall–Kier alpha value is -2.76. The normalized spacial score (nSPS) is 10.8. The number of nitrogens with one attached hydrogen (secondary N) is 1. The van der Waals surface area contributed by atoms with Gasteiger partial charge in [0, 0.05) is 18.3 Å². The van der Waals surface area contributed by atoms with Gasteiger partial charge in [0.15, 0.2) is 5.65 Å². The molecule has 0 aliphatic rings. The number of hydrogen-bond acceptors (Lipinski definition) is 4. The number of fused-ring (bicyclic) bond motifs is 1. The highest BCUT2D eigenvalue weighted by Gasteiger charge is 2.10. The van der Waals surface area contributed by atoms with Crippen LogP contribution in [-0.2, 0) is 0 Å². The highest BCUT2D eigenvalue weighted by Crippen LogP contribution is 2.15. The van der Waals surface area contributed by atoms with Crippen LogP contribution in [0.5, 0.6) is 0 Å². The summed E-state index contributed by atoms with van der Waals surface area (Å²) in [4.78, 5) is 16.4. The van der Waals surface area contributed by atoms with Crippen molar-refractivity contribution in [2.24, 2.45) is 0 Å². The Labute approximate surface area is 128 Å². The van der Waals surface area contributed by atoms with E-state index in [1.807, 2.05) is 24.3 Å². The van der Waals surface area contributed by atoms with E-state index in [1.165, 1.54) is 0 Å². The minimum absolute atomic E-state index is 0.0762. The lowest BCUT2D eigenvalue weighted by Gasteiger charge is -2.06. The Balaban J connectivity index is 1.89. The first-order valence-electron chi connectivity index (χ1n) is 7.34. The minimum atomic E-state index is -0.0762. The number of rotatable bonds is 5. The van der Waals surface area contributed by atoms with Crippen LogP contribution in [-0.4, -0.2) is 32.4 Å². The van der Waals surface area contributed by atoms with E-state index in [4.69, 9.17) is 0 Å². The molecule has 3 aromatic rings. The fraction of sp³-hybridized carbons (Fsp3) is 0.250. The van der Waals surface area contributed by atoms with Crippen LogP contribution in [0, 0.1) is 0 Å². The van der Waals surface area contributed by atoms with Gasteiger partial charge in [-0.15, -0.1) is 5.10 Å². The van der Waals surface area contributed by atoms with Crippen LogP contribution in [0.1, 0.15) is 30.1 Å². The number of pyridine rings is 1. The second kappa shape index (κ2) is 6.34. The average Bonchev–Trinajstić information content (AvgIpc) is 2.99. The van der Waals surface area contributed by atoms with Gasteiger partial charge in [-0.1, -0.05) is 24.6 Å². The lowest BCUT2D eigenvalue weighted by molar-refractivity contribution is 0.0953. The maximum absolute atomic E-state index is 12.1. The van der Waals surface area contributed by atoms with E-state index in [9.17, 15) is 4.79 Å². The average molecular weight is 295 g/mol. The van der Waals surface area contributed by atoms with E-state index in [0.29, 0.717) is 17.8 Å². The molecular weight excluding hydrogens is 278 g/mol. The molecule has 1 N–H and O–H groups in total. The number of carbonyl (C=O) groups excluding carboxylic acids is 1. The largest absolute Gasteiger partial charge is 0.352 e. The summed E-state index contributed by atoms with van der Waals surface area (Å²) in [5.41, 5.74) is 2.77. The van der Waals surface area contributed by atoms with E-state index < -0.39 is 0 Å². The predicted octanol–water partition coefficient (Wildman–Crippen LogP) is 2.35. The molecular formula is C16H17N5O. The fourth-order valence-electron chi connectivity index (χ4n) is 2.20. The summed E-state index contributed by atoms with van der Waals surface area (Å²) >= 11 is 0. The molecule has 0 radical (unpaired) electrons. The lowest BCUT2D eigenvalue weighted by Crippen LogP contribution is -2.24. The summed E-state index contributed by atoms with van der Waals surface area (Å²) in [5, 5.41) is 11.1. The maximum Gasteiger partial charge on any atom is 0.251 e. The molecule has 6 heteroatoms. The van der Waals surface area contributed by atoms with Crippen LogP contribution in [0.25, 0.3) is 16.9 Å². The number of unbranched alkanes of at least 4 members (excludes halogenated alkanes) is 1. The molecule has 2 heterocycles. The van der Waals surface area contributed by atoms with E-state index in [-0.39, 0.29) is 5.91 Å². The molecule has 0 unspecified atom stereocenters. The molecule has 0 saturated carbocycles. The van der Waals surface area contributed by atoms with Crippen LogP contribution in [0.4, 0.5) is 0 Å². The second-order valence-electron chi connectivity index (χ2n) is 5.01. The third-order valence-electron chi connectivity index (χ3n) is 3.38. The molecule has 6 nitrogen and oxygen atoms in total. The first-order valence-corrected chi connectivity index (χ1v) is 7.34.